The Hall–Kier alpha value is -2.84. The van der Waals surface area contributed by atoms with Gasteiger partial charge in [-0.05, 0) is 33.9 Å². The van der Waals surface area contributed by atoms with Gasteiger partial charge < -0.3 is 5.11 Å². The van der Waals surface area contributed by atoms with Crippen LogP contribution >= 0.6 is 15.9 Å². The Morgan fingerprint density at radius 2 is 1.04 bits per heavy atom. The molecule has 0 saturated carbocycles. The molecule has 0 aliphatic carbocycles. The van der Waals surface area contributed by atoms with Crippen molar-refractivity contribution in [3.05, 3.63) is 103 Å². The summed E-state index contributed by atoms with van der Waals surface area (Å²) in [5.74, 6) is 0.321. The SMILES string of the molecule is Oc1c(-c2ccccc2)cc(-c2ccccc2)c(CBr)c1-c1ccccc1. The zero-order valence-corrected chi connectivity index (χ0v) is 16.4. The predicted molar refractivity (Wildman–Crippen MR) is 117 cm³/mol. The van der Waals surface area contributed by atoms with Crippen LogP contribution in [0.5, 0.6) is 5.75 Å². The number of alkyl halides is 1. The first-order valence-electron chi connectivity index (χ1n) is 8.90. The average Bonchev–Trinajstić information content (AvgIpc) is 2.75. The number of halogens is 1. The average molecular weight is 415 g/mol. The Balaban J connectivity index is 2.08. The van der Waals surface area contributed by atoms with Gasteiger partial charge >= 0.3 is 0 Å². The van der Waals surface area contributed by atoms with Crippen molar-refractivity contribution in [1.29, 1.82) is 0 Å². The van der Waals surface area contributed by atoms with E-state index in [1.54, 1.807) is 0 Å². The molecule has 0 aliphatic heterocycles. The third-order valence-electron chi connectivity index (χ3n) is 4.77. The molecule has 0 amide bonds. The van der Waals surface area contributed by atoms with Crippen LogP contribution in [0.4, 0.5) is 0 Å². The Labute approximate surface area is 168 Å². The smallest absolute Gasteiger partial charge is 0.131 e. The summed E-state index contributed by atoms with van der Waals surface area (Å²) < 4.78 is 0. The molecule has 0 spiro atoms. The molecule has 0 aromatic heterocycles. The second-order valence-electron chi connectivity index (χ2n) is 6.41. The lowest BCUT2D eigenvalue weighted by atomic mass is 9.87. The second kappa shape index (κ2) is 7.81. The van der Waals surface area contributed by atoms with Crippen molar-refractivity contribution >= 4 is 15.9 Å². The molecule has 0 heterocycles. The van der Waals surface area contributed by atoms with E-state index in [9.17, 15) is 5.11 Å². The lowest BCUT2D eigenvalue weighted by molar-refractivity contribution is 0.479. The minimum Gasteiger partial charge on any atom is -0.507 e. The molecule has 1 N–H and O–H groups in total. The number of rotatable bonds is 4. The van der Waals surface area contributed by atoms with Gasteiger partial charge in [-0.2, -0.15) is 0 Å². The third-order valence-corrected chi connectivity index (χ3v) is 5.33. The molecule has 0 fully saturated rings. The number of hydrogen-bond donors (Lipinski definition) is 1. The summed E-state index contributed by atoms with van der Waals surface area (Å²) in [7, 11) is 0. The number of benzene rings is 4. The van der Waals surface area contributed by atoms with Gasteiger partial charge in [-0.1, -0.05) is 107 Å². The highest BCUT2D eigenvalue weighted by Gasteiger charge is 2.20. The minimum atomic E-state index is 0.321. The van der Waals surface area contributed by atoms with Crippen molar-refractivity contribution < 1.29 is 5.11 Å². The molecule has 0 saturated heterocycles. The van der Waals surface area contributed by atoms with Crippen molar-refractivity contribution in [2.45, 2.75) is 5.33 Å². The third kappa shape index (κ3) is 3.41. The molecule has 2 heteroatoms. The zero-order valence-electron chi connectivity index (χ0n) is 14.8. The molecular weight excluding hydrogens is 396 g/mol. The van der Waals surface area contributed by atoms with Gasteiger partial charge in [-0.3, -0.25) is 0 Å². The number of phenolic OH excluding ortho intramolecular Hbond substituents is 1. The molecule has 4 rings (SSSR count). The van der Waals surface area contributed by atoms with Crippen molar-refractivity contribution in [1.82, 2.24) is 0 Å². The van der Waals surface area contributed by atoms with E-state index in [4.69, 9.17) is 0 Å². The van der Waals surface area contributed by atoms with E-state index in [1.165, 1.54) is 0 Å². The molecule has 4 aromatic carbocycles. The van der Waals surface area contributed by atoms with Gasteiger partial charge in [-0.25, -0.2) is 0 Å². The minimum absolute atomic E-state index is 0.321. The molecule has 1 nitrogen and oxygen atoms in total. The van der Waals surface area contributed by atoms with Crippen molar-refractivity contribution in [2.75, 3.05) is 0 Å². The number of hydrogen-bond acceptors (Lipinski definition) is 1. The normalized spacial score (nSPS) is 10.7. The molecule has 132 valence electrons. The van der Waals surface area contributed by atoms with E-state index >= 15 is 0 Å². The standard InChI is InChI=1S/C25H19BrO/c26-17-23-21(18-10-4-1-5-11-18)16-22(19-12-6-2-7-13-19)25(27)24(23)20-14-8-3-9-15-20/h1-16,27H,17H2. The summed E-state index contributed by atoms with van der Waals surface area (Å²) in [6.45, 7) is 0. The van der Waals surface area contributed by atoms with Gasteiger partial charge in [0.1, 0.15) is 5.75 Å². The second-order valence-corrected chi connectivity index (χ2v) is 6.97. The van der Waals surface area contributed by atoms with Crippen LogP contribution in [0, 0.1) is 0 Å². The van der Waals surface area contributed by atoms with Crippen LogP contribution in [-0.4, -0.2) is 5.11 Å². The monoisotopic (exact) mass is 414 g/mol. The highest BCUT2D eigenvalue weighted by molar-refractivity contribution is 9.08. The van der Waals surface area contributed by atoms with E-state index in [0.717, 1.165) is 38.9 Å². The van der Waals surface area contributed by atoms with E-state index in [2.05, 4.69) is 34.1 Å². The topological polar surface area (TPSA) is 20.2 Å². The van der Waals surface area contributed by atoms with Gasteiger partial charge in [0, 0.05) is 16.5 Å². The van der Waals surface area contributed by atoms with Crippen molar-refractivity contribution in [2.24, 2.45) is 0 Å². The molecule has 0 bridgehead atoms. The van der Waals surface area contributed by atoms with Crippen LogP contribution in [0.2, 0.25) is 0 Å². The van der Waals surface area contributed by atoms with Crippen LogP contribution in [0.1, 0.15) is 5.56 Å². The first-order valence-corrected chi connectivity index (χ1v) is 10.0. The summed E-state index contributed by atoms with van der Waals surface area (Å²) in [5, 5.41) is 11.9. The highest BCUT2D eigenvalue weighted by atomic mass is 79.9. The largest absolute Gasteiger partial charge is 0.507 e. The van der Waals surface area contributed by atoms with Crippen LogP contribution in [0.3, 0.4) is 0 Å². The molecule has 0 atom stereocenters. The maximum Gasteiger partial charge on any atom is 0.131 e. The Morgan fingerprint density at radius 1 is 0.593 bits per heavy atom. The van der Waals surface area contributed by atoms with Gasteiger partial charge in [0.05, 0.1) is 0 Å². The summed E-state index contributed by atoms with van der Waals surface area (Å²) in [5.41, 5.74) is 7.10. The Kier molecular flexibility index (Phi) is 5.08. The summed E-state index contributed by atoms with van der Waals surface area (Å²) >= 11 is 3.66. The van der Waals surface area contributed by atoms with Crippen LogP contribution in [-0.2, 0) is 5.33 Å². The summed E-state index contributed by atoms with van der Waals surface area (Å²) in [6.07, 6.45) is 0. The van der Waals surface area contributed by atoms with Crippen molar-refractivity contribution in [3.63, 3.8) is 0 Å². The molecule has 27 heavy (non-hydrogen) atoms. The molecule has 0 unspecified atom stereocenters. The number of aromatic hydroxyl groups is 1. The van der Waals surface area contributed by atoms with E-state index in [-0.39, 0.29) is 0 Å². The summed E-state index contributed by atoms with van der Waals surface area (Å²) in [6, 6.07) is 32.6. The Bertz CT molecular complexity index is 1040. The first kappa shape index (κ1) is 17.6. The first-order chi connectivity index (χ1) is 13.3. The quantitative estimate of drug-likeness (QED) is 0.347. The predicted octanol–water partition coefficient (Wildman–Crippen LogP) is 7.29. The van der Waals surface area contributed by atoms with Crippen LogP contribution in [0.25, 0.3) is 33.4 Å². The fourth-order valence-corrected chi connectivity index (χ4v) is 4.06. The van der Waals surface area contributed by atoms with Gasteiger partial charge in [0.15, 0.2) is 0 Å². The zero-order chi connectivity index (χ0) is 18.6. The maximum atomic E-state index is 11.3. The fourth-order valence-electron chi connectivity index (χ4n) is 3.48. The van der Waals surface area contributed by atoms with Crippen molar-refractivity contribution in [3.8, 4) is 39.1 Å². The number of phenols is 1. The molecule has 0 radical (unpaired) electrons. The fraction of sp³-hybridized carbons (Fsp3) is 0.0400. The molecular formula is C25H19BrO. The van der Waals surface area contributed by atoms with Crippen LogP contribution in [0.15, 0.2) is 97.1 Å². The lowest BCUT2D eigenvalue weighted by Gasteiger charge is -2.19. The van der Waals surface area contributed by atoms with Crippen LogP contribution < -0.4 is 0 Å². The summed E-state index contributed by atoms with van der Waals surface area (Å²) in [4.78, 5) is 0. The van der Waals surface area contributed by atoms with E-state index in [1.807, 2.05) is 78.9 Å². The van der Waals surface area contributed by atoms with Gasteiger partial charge in [0.25, 0.3) is 0 Å². The van der Waals surface area contributed by atoms with Gasteiger partial charge in [0.2, 0.25) is 0 Å². The van der Waals surface area contributed by atoms with Gasteiger partial charge in [-0.15, -0.1) is 0 Å². The Morgan fingerprint density at radius 3 is 1.52 bits per heavy atom. The maximum absolute atomic E-state index is 11.3. The van der Waals surface area contributed by atoms with E-state index in [0.29, 0.717) is 11.1 Å². The lowest BCUT2D eigenvalue weighted by Crippen LogP contribution is -1.95. The van der Waals surface area contributed by atoms with E-state index < -0.39 is 0 Å². The molecule has 4 aromatic rings. The highest BCUT2D eigenvalue weighted by Crippen LogP contribution is 2.45. The molecule has 0 aliphatic rings.